The van der Waals surface area contributed by atoms with Gasteiger partial charge in [-0.2, -0.15) is 13.2 Å². The third-order valence-electron chi connectivity index (χ3n) is 9.26. The molecule has 0 unspecified atom stereocenters. The van der Waals surface area contributed by atoms with Crippen LogP contribution in [0.5, 0.6) is 11.6 Å². The molecule has 0 bridgehead atoms. The van der Waals surface area contributed by atoms with E-state index in [2.05, 4.69) is 31.9 Å². The van der Waals surface area contributed by atoms with Crippen LogP contribution in [-0.2, 0) is 35.3 Å². The van der Waals surface area contributed by atoms with Gasteiger partial charge in [0.25, 0.3) is 5.91 Å². The van der Waals surface area contributed by atoms with Gasteiger partial charge in [-0.3, -0.25) is 19.1 Å². The van der Waals surface area contributed by atoms with E-state index in [0.717, 1.165) is 4.90 Å². The summed E-state index contributed by atoms with van der Waals surface area (Å²) in [5, 5.41) is 4.44. The van der Waals surface area contributed by atoms with Gasteiger partial charge < -0.3 is 29.7 Å². The quantitative estimate of drug-likeness (QED) is 0.282. The van der Waals surface area contributed by atoms with Crippen LogP contribution in [0.25, 0.3) is 11.0 Å². The Labute approximate surface area is 310 Å². The van der Waals surface area contributed by atoms with Crippen molar-refractivity contribution in [2.75, 3.05) is 13.7 Å². The number of carbonyl (C=O) groups excluding carboxylic acids is 4. The molecular formula is C35H45F3N6O9S. The molecule has 4 amide bonds. The summed E-state index contributed by atoms with van der Waals surface area (Å²) >= 11 is 0. The molecule has 19 heteroatoms. The average molecular weight is 783 g/mol. The zero-order valence-corrected chi connectivity index (χ0v) is 31.8. The molecule has 3 aliphatic rings. The molecular weight excluding hydrogens is 737 g/mol. The van der Waals surface area contributed by atoms with Crippen molar-refractivity contribution in [3.8, 4) is 11.6 Å². The molecule has 3 N–H and O–H groups in total. The maximum absolute atomic E-state index is 14.4. The summed E-state index contributed by atoms with van der Waals surface area (Å²) in [4.78, 5) is 63.8. The summed E-state index contributed by atoms with van der Waals surface area (Å²) in [6.07, 6.45) is -5.45. The SMILES string of the molecule is C=C[C@@H]1C[C@]1(NC(=O)[C@@H]1C[C@@H](Oc2nc3cc(OC)ccc3nc2C(F)(F)F)CN1C(=O)[C@@H](NC(=O)OC(C)(C)C)C(C)(C)C)C(=O)NS(=O)(=O)C1CC1. The van der Waals surface area contributed by atoms with Crippen molar-refractivity contribution in [3.63, 3.8) is 0 Å². The van der Waals surface area contributed by atoms with Crippen LogP contribution >= 0.6 is 0 Å². The van der Waals surface area contributed by atoms with Crippen LogP contribution < -0.4 is 24.8 Å². The molecule has 5 atom stereocenters. The van der Waals surface area contributed by atoms with E-state index in [1.807, 2.05) is 0 Å². The highest BCUT2D eigenvalue weighted by Crippen LogP contribution is 2.46. The lowest BCUT2D eigenvalue weighted by molar-refractivity contribution is -0.144. The Bertz CT molecular complexity index is 1960. The van der Waals surface area contributed by atoms with Crippen LogP contribution in [0.4, 0.5) is 18.0 Å². The summed E-state index contributed by atoms with van der Waals surface area (Å²) in [5.74, 6) is -3.96. The van der Waals surface area contributed by atoms with Gasteiger partial charge in [0.05, 0.1) is 29.9 Å². The number of benzene rings is 1. The average Bonchev–Trinajstić information content (AvgIpc) is 3.97. The summed E-state index contributed by atoms with van der Waals surface area (Å²) in [6, 6.07) is 1.31. The first-order chi connectivity index (χ1) is 24.9. The third-order valence-corrected chi connectivity index (χ3v) is 11.1. The lowest BCUT2D eigenvalue weighted by atomic mass is 9.85. The maximum atomic E-state index is 14.4. The molecule has 1 aromatic heterocycles. The molecule has 0 spiro atoms. The molecule has 1 aromatic carbocycles. The second kappa shape index (κ2) is 14.2. The van der Waals surface area contributed by atoms with Gasteiger partial charge in [-0.25, -0.2) is 23.2 Å². The molecule has 296 valence electrons. The number of sulfonamides is 1. The van der Waals surface area contributed by atoms with E-state index < -0.39 is 104 Å². The number of halogens is 3. The van der Waals surface area contributed by atoms with Crippen molar-refractivity contribution in [2.24, 2.45) is 11.3 Å². The number of hydrogen-bond donors (Lipinski definition) is 3. The molecule has 2 heterocycles. The van der Waals surface area contributed by atoms with E-state index in [1.165, 1.54) is 31.4 Å². The van der Waals surface area contributed by atoms with E-state index in [0.29, 0.717) is 18.6 Å². The number of aromatic nitrogens is 2. The molecule has 15 nitrogen and oxygen atoms in total. The van der Waals surface area contributed by atoms with Gasteiger partial charge >= 0.3 is 12.3 Å². The van der Waals surface area contributed by atoms with Gasteiger partial charge in [-0.05, 0) is 57.6 Å². The number of rotatable bonds is 11. The van der Waals surface area contributed by atoms with Crippen molar-refractivity contribution in [3.05, 3.63) is 36.5 Å². The molecule has 2 aromatic rings. The van der Waals surface area contributed by atoms with Crippen LogP contribution in [-0.4, -0.2) is 95.3 Å². The predicted octanol–water partition coefficient (Wildman–Crippen LogP) is 3.61. The Hall–Kier alpha value is -4.68. The number of hydrogen-bond acceptors (Lipinski definition) is 11. The van der Waals surface area contributed by atoms with Crippen LogP contribution in [0.15, 0.2) is 30.9 Å². The number of carbonyl (C=O) groups is 4. The molecule has 2 aliphatic carbocycles. The first kappa shape index (κ1) is 40.5. The van der Waals surface area contributed by atoms with E-state index >= 15 is 0 Å². The van der Waals surface area contributed by atoms with Gasteiger partial charge in [-0.15, -0.1) is 6.58 Å². The van der Waals surface area contributed by atoms with E-state index in [4.69, 9.17) is 14.2 Å². The standard InChI is InChI=1S/C35H45F3N6O9S/c1-9-18-16-34(18,30(47)43-54(49,50)21-11-12-21)42-27(45)24-15-20(17-44(24)29(46)26(32(2,3)4)41-31(48)53-33(5,6)7)52-28-25(35(36,37)38)39-22-13-10-19(51-8)14-23(22)40-28/h9-10,13-14,18,20-21,24,26H,1,11-12,15-17H2,2-8H3,(H,41,48)(H,42,45)(H,43,47)/t18-,20-,24+,26-,34-/m1/s1. The summed E-state index contributed by atoms with van der Waals surface area (Å²) in [7, 11) is -2.64. The maximum Gasteiger partial charge on any atom is 0.438 e. The normalized spacial score (nSPS) is 23.6. The molecule has 5 rings (SSSR count). The number of nitrogens with one attached hydrogen (secondary N) is 3. The number of likely N-dealkylation sites (tertiary alicyclic amines) is 1. The first-order valence-electron chi connectivity index (χ1n) is 17.3. The third kappa shape index (κ3) is 8.81. The number of amides is 4. The van der Waals surface area contributed by atoms with Crippen LogP contribution in [0.3, 0.4) is 0 Å². The summed E-state index contributed by atoms with van der Waals surface area (Å²) in [6.45, 7) is 13.1. The molecule has 1 aliphatic heterocycles. The molecule has 3 fully saturated rings. The van der Waals surface area contributed by atoms with Gasteiger partial charge in [-0.1, -0.05) is 26.8 Å². The fraction of sp³-hybridized carbons (Fsp3) is 0.600. The number of fused-ring (bicyclic) bond motifs is 1. The number of methoxy groups -OCH3 is 1. The smallest absolute Gasteiger partial charge is 0.438 e. The predicted molar refractivity (Wildman–Crippen MR) is 188 cm³/mol. The fourth-order valence-electron chi connectivity index (χ4n) is 6.20. The van der Waals surface area contributed by atoms with E-state index in [9.17, 15) is 40.8 Å². The molecule has 0 radical (unpaired) electrons. The summed E-state index contributed by atoms with van der Waals surface area (Å²) in [5.41, 5.74) is -5.15. The van der Waals surface area contributed by atoms with Crippen LogP contribution in [0.2, 0.25) is 0 Å². The number of nitrogens with zero attached hydrogens (tertiary/aromatic N) is 3. The monoisotopic (exact) mass is 782 g/mol. The van der Waals surface area contributed by atoms with E-state index in [1.54, 1.807) is 41.5 Å². The van der Waals surface area contributed by atoms with Gasteiger partial charge in [0, 0.05) is 18.4 Å². The minimum absolute atomic E-state index is 0.00472. The van der Waals surface area contributed by atoms with Gasteiger partial charge in [0.15, 0.2) is 0 Å². The van der Waals surface area contributed by atoms with Crippen molar-refractivity contribution >= 4 is 44.9 Å². The second-order valence-electron chi connectivity index (χ2n) is 15.8. The van der Waals surface area contributed by atoms with Crippen molar-refractivity contribution in [1.29, 1.82) is 0 Å². The molecule has 1 saturated heterocycles. The molecule has 2 saturated carbocycles. The zero-order valence-electron chi connectivity index (χ0n) is 31.0. The Morgan fingerprint density at radius 3 is 2.26 bits per heavy atom. The minimum Gasteiger partial charge on any atom is -0.497 e. The minimum atomic E-state index is -5.01. The Morgan fingerprint density at radius 2 is 1.72 bits per heavy atom. The lowest BCUT2D eigenvalue weighted by Gasteiger charge is -2.36. The summed E-state index contributed by atoms with van der Waals surface area (Å²) < 4.78 is 86.7. The highest BCUT2D eigenvalue weighted by atomic mass is 32.2. The second-order valence-corrected chi connectivity index (χ2v) is 17.8. The number of ether oxygens (including phenoxy) is 3. The van der Waals surface area contributed by atoms with E-state index in [-0.39, 0.29) is 23.9 Å². The Morgan fingerprint density at radius 1 is 1.06 bits per heavy atom. The first-order valence-corrected chi connectivity index (χ1v) is 18.8. The van der Waals surface area contributed by atoms with Crippen molar-refractivity contribution in [2.45, 2.75) is 108 Å². The fourth-order valence-corrected chi connectivity index (χ4v) is 7.57. The van der Waals surface area contributed by atoms with Crippen molar-refractivity contribution < 1.29 is 55.0 Å². The number of alkyl halides is 3. The largest absolute Gasteiger partial charge is 0.497 e. The lowest BCUT2D eigenvalue weighted by Crippen LogP contribution is -2.60. The molecule has 54 heavy (non-hydrogen) atoms. The topological polar surface area (TPSA) is 195 Å². The van der Waals surface area contributed by atoms with Crippen LogP contribution in [0.1, 0.15) is 72.9 Å². The highest BCUT2D eigenvalue weighted by Gasteiger charge is 2.62. The van der Waals surface area contributed by atoms with Crippen LogP contribution in [0, 0.1) is 11.3 Å². The zero-order chi connectivity index (χ0) is 40.2. The van der Waals surface area contributed by atoms with Gasteiger partial charge in [0.2, 0.25) is 33.4 Å². The number of alkyl carbamates (subject to hydrolysis) is 1. The van der Waals surface area contributed by atoms with Crippen molar-refractivity contribution in [1.82, 2.24) is 30.2 Å². The Balaban J connectivity index is 1.50. The Kier molecular flexibility index (Phi) is 10.6. The van der Waals surface area contributed by atoms with Gasteiger partial charge in [0.1, 0.15) is 35.1 Å². The highest BCUT2D eigenvalue weighted by molar-refractivity contribution is 7.91.